The third-order valence-electron chi connectivity index (χ3n) is 4.93. The highest BCUT2D eigenvalue weighted by molar-refractivity contribution is 5.02. The lowest BCUT2D eigenvalue weighted by atomic mass is 9.88. The number of nitrogens with zero attached hydrogens (tertiary/aromatic N) is 3. The molecule has 1 aromatic rings. The second kappa shape index (κ2) is 6.27. The second-order valence-electron chi connectivity index (χ2n) is 6.68. The summed E-state index contributed by atoms with van der Waals surface area (Å²) < 4.78 is 2.16. The van der Waals surface area contributed by atoms with Crippen LogP contribution < -0.4 is 5.32 Å². The molecule has 2 aliphatic rings. The van der Waals surface area contributed by atoms with Crippen molar-refractivity contribution in [2.45, 2.75) is 58.2 Å². The number of rotatable bonds is 4. The minimum absolute atomic E-state index is 0.459. The van der Waals surface area contributed by atoms with Gasteiger partial charge in [0, 0.05) is 24.8 Å². The molecule has 3 rings (SSSR count). The van der Waals surface area contributed by atoms with Gasteiger partial charge >= 0.3 is 0 Å². The highest BCUT2D eigenvalue weighted by Crippen LogP contribution is 2.26. The van der Waals surface area contributed by atoms with E-state index in [0.717, 1.165) is 18.5 Å². The monoisotopic (exact) mass is 276 g/mol. The lowest BCUT2D eigenvalue weighted by molar-refractivity contribution is 0.153. The Morgan fingerprint density at radius 3 is 2.75 bits per heavy atom. The lowest BCUT2D eigenvalue weighted by Crippen LogP contribution is -2.40. The Hall–Kier alpha value is -0.870. The van der Waals surface area contributed by atoms with Gasteiger partial charge in [-0.3, -0.25) is 9.58 Å². The van der Waals surface area contributed by atoms with E-state index in [1.54, 1.807) is 0 Å². The number of hydrogen-bond donors (Lipinski definition) is 1. The van der Waals surface area contributed by atoms with E-state index in [4.69, 9.17) is 0 Å². The van der Waals surface area contributed by atoms with Crippen molar-refractivity contribution < 1.29 is 0 Å². The van der Waals surface area contributed by atoms with E-state index < -0.39 is 0 Å². The van der Waals surface area contributed by atoms with Gasteiger partial charge in [0.15, 0.2) is 0 Å². The van der Waals surface area contributed by atoms with Crippen molar-refractivity contribution in [3.05, 3.63) is 18.0 Å². The molecule has 20 heavy (non-hydrogen) atoms. The molecule has 0 saturated carbocycles. The third-order valence-corrected chi connectivity index (χ3v) is 4.93. The maximum atomic E-state index is 4.44. The molecule has 0 aromatic carbocycles. The van der Waals surface area contributed by atoms with Gasteiger partial charge in [0.1, 0.15) is 0 Å². The van der Waals surface area contributed by atoms with Crippen molar-refractivity contribution in [1.29, 1.82) is 0 Å². The van der Waals surface area contributed by atoms with Crippen molar-refractivity contribution >= 4 is 0 Å². The van der Waals surface area contributed by atoms with Crippen LogP contribution in [0.2, 0.25) is 0 Å². The van der Waals surface area contributed by atoms with Crippen molar-refractivity contribution in [3.63, 3.8) is 0 Å². The van der Waals surface area contributed by atoms with E-state index in [1.807, 2.05) is 6.20 Å². The number of likely N-dealkylation sites (tertiary alicyclic amines) is 1. The maximum Gasteiger partial charge on any atom is 0.0527 e. The van der Waals surface area contributed by atoms with Gasteiger partial charge in [0.05, 0.1) is 5.69 Å². The standard InChI is InChI=1S/C16H28N4/c1-13(2)20-15(5-9-18-20)12-19-10-6-14(7-11-19)16-4-3-8-17-16/h5,9,13-14,16-17H,3-4,6-8,10-12H2,1-2H3. The number of hydrogen-bond acceptors (Lipinski definition) is 3. The van der Waals surface area contributed by atoms with E-state index in [-0.39, 0.29) is 0 Å². The quantitative estimate of drug-likeness (QED) is 0.917. The fourth-order valence-electron chi connectivity index (χ4n) is 3.79. The van der Waals surface area contributed by atoms with Gasteiger partial charge in [-0.15, -0.1) is 0 Å². The zero-order valence-electron chi connectivity index (χ0n) is 12.9. The van der Waals surface area contributed by atoms with E-state index in [9.17, 15) is 0 Å². The Morgan fingerprint density at radius 2 is 2.10 bits per heavy atom. The fourth-order valence-corrected chi connectivity index (χ4v) is 3.79. The average Bonchev–Trinajstić information content (AvgIpc) is 3.10. The Kier molecular flexibility index (Phi) is 4.41. The van der Waals surface area contributed by atoms with Crippen LogP contribution in [0.3, 0.4) is 0 Å². The molecule has 0 amide bonds. The lowest BCUT2D eigenvalue weighted by Gasteiger charge is -2.35. The predicted octanol–water partition coefficient (Wildman–Crippen LogP) is 2.43. The van der Waals surface area contributed by atoms with Crippen LogP contribution >= 0.6 is 0 Å². The van der Waals surface area contributed by atoms with Crippen LogP contribution in [-0.2, 0) is 6.54 Å². The first-order valence-electron chi connectivity index (χ1n) is 8.22. The summed E-state index contributed by atoms with van der Waals surface area (Å²) >= 11 is 0. The molecule has 2 saturated heterocycles. The van der Waals surface area contributed by atoms with Gasteiger partial charge in [-0.2, -0.15) is 5.10 Å². The highest BCUT2D eigenvalue weighted by atomic mass is 15.3. The van der Waals surface area contributed by atoms with Crippen molar-refractivity contribution in [2.75, 3.05) is 19.6 Å². The van der Waals surface area contributed by atoms with E-state index in [0.29, 0.717) is 6.04 Å². The summed E-state index contributed by atoms with van der Waals surface area (Å²) in [5, 5.41) is 8.12. The Bertz CT molecular complexity index is 412. The molecule has 2 aliphatic heterocycles. The summed E-state index contributed by atoms with van der Waals surface area (Å²) in [6, 6.07) is 3.43. The maximum absolute atomic E-state index is 4.44. The largest absolute Gasteiger partial charge is 0.314 e. The molecule has 3 heterocycles. The smallest absolute Gasteiger partial charge is 0.0527 e. The van der Waals surface area contributed by atoms with Crippen LogP contribution in [0.15, 0.2) is 12.3 Å². The van der Waals surface area contributed by atoms with Crippen molar-refractivity contribution in [3.8, 4) is 0 Å². The molecule has 1 atom stereocenters. The summed E-state index contributed by atoms with van der Waals surface area (Å²) in [7, 11) is 0. The summed E-state index contributed by atoms with van der Waals surface area (Å²) in [4.78, 5) is 2.60. The molecule has 0 aliphatic carbocycles. The second-order valence-corrected chi connectivity index (χ2v) is 6.68. The molecule has 1 unspecified atom stereocenters. The van der Waals surface area contributed by atoms with Crippen molar-refractivity contribution in [1.82, 2.24) is 20.0 Å². The molecule has 1 aromatic heterocycles. The molecule has 4 nitrogen and oxygen atoms in total. The molecule has 112 valence electrons. The van der Waals surface area contributed by atoms with Crippen LogP contribution in [0.4, 0.5) is 0 Å². The summed E-state index contributed by atoms with van der Waals surface area (Å²) in [5.41, 5.74) is 1.36. The van der Waals surface area contributed by atoms with E-state index in [2.05, 4.69) is 39.9 Å². The molecule has 0 bridgehead atoms. The van der Waals surface area contributed by atoms with Gasteiger partial charge in [-0.25, -0.2) is 0 Å². The number of aromatic nitrogens is 2. The molecule has 4 heteroatoms. The van der Waals surface area contributed by atoms with Gasteiger partial charge in [0.25, 0.3) is 0 Å². The van der Waals surface area contributed by atoms with Gasteiger partial charge in [-0.05, 0) is 71.1 Å². The number of piperidine rings is 1. The van der Waals surface area contributed by atoms with E-state index >= 15 is 0 Å². The van der Waals surface area contributed by atoms with Crippen LogP contribution in [0, 0.1) is 5.92 Å². The van der Waals surface area contributed by atoms with Crippen LogP contribution in [0.25, 0.3) is 0 Å². The fraction of sp³-hybridized carbons (Fsp3) is 0.812. The minimum Gasteiger partial charge on any atom is -0.314 e. The predicted molar refractivity (Wildman–Crippen MR) is 81.6 cm³/mol. The molecule has 0 spiro atoms. The first-order valence-corrected chi connectivity index (χ1v) is 8.22. The topological polar surface area (TPSA) is 33.1 Å². The summed E-state index contributed by atoms with van der Waals surface area (Å²) in [6.45, 7) is 9.18. The van der Waals surface area contributed by atoms with E-state index in [1.165, 1.54) is 51.0 Å². The zero-order chi connectivity index (χ0) is 13.9. The average molecular weight is 276 g/mol. The van der Waals surface area contributed by atoms with Crippen molar-refractivity contribution in [2.24, 2.45) is 5.92 Å². The highest BCUT2D eigenvalue weighted by Gasteiger charge is 2.28. The molecule has 2 fully saturated rings. The molecular weight excluding hydrogens is 248 g/mol. The minimum atomic E-state index is 0.459. The third kappa shape index (κ3) is 3.07. The normalized spacial score (nSPS) is 25.6. The molecule has 1 N–H and O–H groups in total. The van der Waals surface area contributed by atoms with Crippen LogP contribution in [0.1, 0.15) is 51.3 Å². The zero-order valence-corrected chi connectivity index (χ0v) is 12.9. The Labute approximate surface area is 122 Å². The summed E-state index contributed by atoms with van der Waals surface area (Å²) in [5.74, 6) is 0.906. The van der Waals surface area contributed by atoms with Gasteiger partial charge in [-0.1, -0.05) is 0 Å². The SMILES string of the molecule is CC(C)n1nccc1CN1CCC(C2CCCN2)CC1. The Morgan fingerprint density at radius 1 is 1.30 bits per heavy atom. The Balaban J connectivity index is 1.52. The van der Waals surface area contributed by atoms with Gasteiger partial charge in [0.2, 0.25) is 0 Å². The first-order chi connectivity index (χ1) is 9.74. The first kappa shape index (κ1) is 14.1. The molecule has 0 radical (unpaired) electrons. The van der Waals surface area contributed by atoms with Crippen LogP contribution in [-0.4, -0.2) is 40.4 Å². The molecular formula is C16H28N4. The van der Waals surface area contributed by atoms with Crippen LogP contribution in [0.5, 0.6) is 0 Å². The number of nitrogens with one attached hydrogen (secondary N) is 1. The van der Waals surface area contributed by atoms with Gasteiger partial charge < -0.3 is 5.32 Å². The summed E-state index contributed by atoms with van der Waals surface area (Å²) in [6.07, 6.45) is 7.41.